The fraction of sp³-hybridized carbons (Fsp3) is 0.583. The molecule has 3 atom stereocenters. The average Bonchev–Trinajstić information content (AvgIpc) is 2.66. The second kappa shape index (κ2) is 4.73. The minimum Gasteiger partial charge on any atom is -0.392 e. The Hall–Kier alpha value is -0.930. The van der Waals surface area contributed by atoms with Gasteiger partial charge in [0.1, 0.15) is 0 Å². The van der Waals surface area contributed by atoms with Gasteiger partial charge >= 0.3 is 0 Å². The maximum atomic E-state index is 9.70. The van der Waals surface area contributed by atoms with E-state index in [1.54, 1.807) is 6.20 Å². The smallest absolute Gasteiger partial charge is 0.0693 e. The van der Waals surface area contributed by atoms with Gasteiger partial charge in [0.25, 0.3) is 0 Å². The highest BCUT2D eigenvalue weighted by Gasteiger charge is 2.26. The van der Waals surface area contributed by atoms with E-state index in [-0.39, 0.29) is 18.2 Å². The van der Waals surface area contributed by atoms with Crippen LogP contribution in [-0.2, 0) is 0 Å². The Bertz CT molecular complexity index is 302. The van der Waals surface area contributed by atoms with Crippen LogP contribution in [0.25, 0.3) is 0 Å². The molecule has 1 heterocycles. The predicted octanol–water partition coefficient (Wildman–Crippen LogP) is 1.65. The predicted molar refractivity (Wildman–Crippen MR) is 59.4 cm³/mol. The molecule has 3 heteroatoms. The van der Waals surface area contributed by atoms with E-state index >= 15 is 0 Å². The van der Waals surface area contributed by atoms with Crippen molar-refractivity contribution in [2.24, 2.45) is 0 Å². The van der Waals surface area contributed by atoms with Gasteiger partial charge in [-0.05, 0) is 38.3 Å². The summed E-state index contributed by atoms with van der Waals surface area (Å²) in [5, 5.41) is 13.1. The van der Waals surface area contributed by atoms with Crippen molar-refractivity contribution < 1.29 is 5.11 Å². The van der Waals surface area contributed by atoms with Gasteiger partial charge in [0.05, 0.1) is 11.8 Å². The van der Waals surface area contributed by atoms with E-state index in [1.165, 1.54) is 0 Å². The van der Waals surface area contributed by atoms with Crippen molar-refractivity contribution in [3.05, 3.63) is 30.1 Å². The first kappa shape index (κ1) is 10.6. The molecule has 0 aromatic carbocycles. The number of aromatic nitrogens is 1. The lowest BCUT2D eigenvalue weighted by Gasteiger charge is -2.21. The zero-order chi connectivity index (χ0) is 10.7. The van der Waals surface area contributed by atoms with Gasteiger partial charge in [0, 0.05) is 18.3 Å². The van der Waals surface area contributed by atoms with Crippen LogP contribution in [0.5, 0.6) is 0 Å². The molecule has 0 spiro atoms. The van der Waals surface area contributed by atoms with E-state index in [1.807, 2.05) is 18.2 Å². The van der Waals surface area contributed by atoms with Crippen LogP contribution in [0.2, 0.25) is 0 Å². The van der Waals surface area contributed by atoms with Crippen molar-refractivity contribution >= 4 is 0 Å². The fourth-order valence-corrected chi connectivity index (χ4v) is 2.17. The number of rotatable bonds is 3. The summed E-state index contributed by atoms with van der Waals surface area (Å²) in [7, 11) is 0. The number of pyridine rings is 1. The molecular weight excluding hydrogens is 188 g/mol. The standard InChI is InChI=1S/C12H18N2O/c1-9(10-5-2-3-8-13-10)14-11-6-4-7-12(11)15/h2-3,5,8-9,11-12,14-15H,4,6-7H2,1H3/t9-,11?,12?/m1/s1. The molecule has 0 saturated heterocycles. The fourth-order valence-electron chi connectivity index (χ4n) is 2.17. The van der Waals surface area contributed by atoms with Gasteiger partial charge in [-0.25, -0.2) is 0 Å². The van der Waals surface area contributed by atoms with Crippen LogP contribution in [-0.4, -0.2) is 22.2 Å². The molecule has 1 aromatic heterocycles. The summed E-state index contributed by atoms with van der Waals surface area (Å²) >= 11 is 0. The molecule has 82 valence electrons. The SMILES string of the molecule is C[C@@H](NC1CCCC1O)c1ccccn1. The van der Waals surface area contributed by atoms with E-state index in [4.69, 9.17) is 0 Å². The Morgan fingerprint density at radius 3 is 2.93 bits per heavy atom. The molecule has 2 rings (SSSR count). The molecule has 1 aromatic rings. The molecule has 0 radical (unpaired) electrons. The van der Waals surface area contributed by atoms with Gasteiger partial charge in [-0.2, -0.15) is 0 Å². The number of nitrogens with zero attached hydrogens (tertiary/aromatic N) is 1. The molecule has 1 saturated carbocycles. The summed E-state index contributed by atoms with van der Waals surface area (Å²) < 4.78 is 0. The summed E-state index contributed by atoms with van der Waals surface area (Å²) in [5.74, 6) is 0. The van der Waals surface area contributed by atoms with Crippen molar-refractivity contribution in [2.45, 2.75) is 44.4 Å². The van der Waals surface area contributed by atoms with Crippen LogP contribution in [0.1, 0.15) is 37.9 Å². The second-order valence-corrected chi connectivity index (χ2v) is 4.25. The maximum absolute atomic E-state index is 9.70. The minimum atomic E-state index is -0.184. The molecule has 0 bridgehead atoms. The van der Waals surface area contributed by atoms with Gasteiger partial charge in [0.15, 0.2) is 0 Å². The lowest BCUT2D eigenvalue weighted by atomic mass is 10.1. The lowest BCUT2D eigenvalue weighted by molar-refractivity contribution is 0.143. The highest BCUT2D eigenvalue weighted by atomic mass is 16.3. The van der Waals surface area contributed by atoms with Crippen LogP contribution < -0.4 is 5.32 Å². The first-order valence-corrected chi connectivity index (χ1v) is 5.62. The van der Waals surface area contributed by atoms with Gasteiger partial charge in [-0.15, -0.1) is 0 Å². The van der Waals surface area contributed by atoms with Crippen molar-refractivity contribution in [1.82, 2.24) is 10.3 Å². The monoisotopic (exact) mass is 206 g/mol. The summed E-state index contributed by atoms with van der Waals surface area (Å²) in [6, 6.07) is 6.37. The molecule has 2 N–H and O–H groups in total. The summed E-state index contributed by atoms with van der Waals surface area (Å²) in [6.45, 7) is 2.09. The van der Waals surface area contributed by atoms with Crippen molar-refractivity contribution in [2.75, 3.05) is 0 Å². The Morgan fingerprint density at radius 2 is 2.33 bits per heavy atom. The third kappa shape index (κ3) is 2.55. The Kier molecular flexibility index (Phi) is 3.34. The van der Waals surface area contributed by atoms with Crippen molar-refractivity contribution in [1.29, 1.82) is 0 Å². The summed E-state index contributed by atoms with van der Waals surface area (Å²) in [6.07, 6.45) is 4.73. The van der Waals surface area contributed by atoms with Gasteiger partial charge in [-0.1, -0.05) is 6.07 Å². The van der Waals surface area contributed by atoms with E-state index in [0.29, 0.717) is 0 Å². The number of aliphatic hydroxyl groups excluding tert-OH is 1. The quantitative estimate of drug-likeness (QED) is 0.790. The molecule has 0 amide bonds. The van der Waals surface area contributed by atoms with Crippen LogP contribution in [0.4, 0.5) is 0 Å². The third-order valence-electron chi connectivity index (χ3n) is 3.07. The maximum Gasteiger partial charge on any atom is 0.0693 e. The number of hydrogen-bond donors (Lipinski definition) is 2. The zero-order valence-corrected chi connectivity index (χ0v) is 9.06. The van der Waals surface area contributed by atoms with Crippen LogP contribution >= 0.6 is 0 Å². The lowest BCUT2D eigenvalue weighted by Crippen LogP contribution is -2.37. The Balaban J connectivity index is 1.95. The topological polar surface area (TPSA) is 45.1 Å². The van der Waals surface area contributed by atoms with Gasteiger partial charge in [-0.3, -0.25) is 4.98 Å². The molecule has 2 unspecified atom stereocenters. The van der Waals surface area contributed by atoms with E-state index < -0.39 is 0 Å². The van der Waals surface area contributed by atoms with Gasteiger partial charge < -0.3 is 10.4 Å². The molecular formula is C12H18N2O. The number of nitrogens with one attached hydrogen (secondary N) is 1. The van der Waals surface area contributed by atoms with E-state index in [9.17, 15) is 5.11 Å². The molecule has 15 heavy (non-hydrogen) atoms. The molecule has 1 fully saturated rings. The highest BCUT2D eigenvalue weighted by molar-refractivity contribution is 5.08. The number of aliphatic hydroxyl groups is 1. The first-order chi connectivity index (χ1) is 7.27. The summed E-state index contributed by atoms with van der Waals surface area (Å²) in [5.41, 5.74) is 1.04. The highest BCUT2D eigenvalue weighted by Crippen LogP contribution is 2.21. The van der Waals surface area contributed by atoms with Crippen molar-refractivity contribution in [3.63, 3.8) is 0 Å². The molecule has 1 aliphatic carbocycles. The van der Waals surface area contributed by atoms with E-state index in [0.717, 1.165) is 25.0 Å². The normalized spacial score (nSPS) is 27.9. The molecule has 3 nitrogen and oxygen atoms in total. The van der Waals surface area contributed by atoms with E-state index in [2.05, 4.69) is 17.2 Å². The third-order valence-corrected chi connectivity index (χ3v) is 3.07. The average molecular weight is 206 g/mol. The molecule has 1 aliphatic rings. The van der Waals surface area contributed by atoms with Crippen LogP contribution in [0, 0.1) is 0 Å². The van der Waals surface area contributed by atoms with Crippen LogP contribution in [0.3, 0.4) is 0 Å². The molecule has 0 aliphatic heterocycles. The Morgan fingerprint density at radius 1 is 1.47 bits per heavy atom. The zero-order valence-electron chi connectivity index (χ0n) is 9.06. The first-order valence-electron chi connectivity index (χ1n) is 5.62. The largest absolute Gasteiger partial charge is 0.392 e. The van der Waals surface area contributed by atoms with Gasteiger partial charge in [0.2, 0.25) is 0 Å². The van der Waals surface area contributed by atoms with Crippen LogP contribution in [0.15, 0.2) is 24.4 Å². The summed E-state index contributed by atoms with van der Waals surface area (Å²) in [4.78, 5) is 4.30. The Labute approximate surface area is 90.5 Å². The second-order valence-electron chi connectivity index (χ2n) is 4.25. The minimum absolute atomic E-state index is 0.184. The number of hydrogen-bond acceptors (Lipinski definition) is 3. The van der Waals surface area contributed by atoms with Crippen molar-refractivity contribution in [3.8, 4) is 0 Å².